The molecule has 0 aliphatic heterocycles. The van der Waals surface area contributed by atoms with Crippen molar-refractivity contribution in [3.05, 3.63) is 65.6 Å². The van der Waals surface area contributed by atoms with Gasteiger partial charge in [0.2, 0.25) is 5.43 Å². The lowest BCUT2D eigenvalue weighted by Gasteiger charge is -2.09. The molecular formula is C15H11FN2OS2. The third-order valence-electron chi connectivity index (χ3n) is 2.89. The molecule has 0 fully saturated rings. The Bertz CT molecular complexity index is 856. The van der Waals surface area contributed by atoms with E-state index < -0.39 is 0 Å². The average Bonchev–Trinajstić information content (AvgIpc) is 2.98. The topological polar surface area (TPSA) is 34.9 Å². The van der Waals surface area contributed by atoms with E-state index in [0.717, 1.165) is 4.21 Å². The minimum absolute atomic E-state index is 0.117. The Morgan fingerprint density at radius 2 is 2.33 bits per heavy atom. The summed E-state index contributed by atoms with van der Waals surface area (Å²) in [5, 5.41) is 0.521. The van der Waals surface area contributed by atoms with Crippen molar-refractivity contribution in [2.75, 3.05) is 5.75 Å². The maximum absolute atomic E-state index is 13.4. The maximum atomic E-state index is 13.4. The number of imidazole rings is 1. The zero-order valence-corrected chi connectivity index (χ0v) is 12.6. The van der Waals surface area contributed by atoms with Gasteiger partial charge in [-0.3, -0.25) is 4.79 Å². The third kappa shape index (κ3) is 2.64. The van der Waals surface area contributed by atoms with Crippen LogP contribution in [0, 0.1) is 5.82 Å². The van der Waals surface area contributed by atoms with E-state index in [1.165, 1.54) is 41.3 Å². The molecule has 2 heterocycles. The van der Waals surface area contributed by atoms with E-state index in [1.807, 2.05) is 0 Å². The SMILES string of the molecule is C=CCSc1sc2cc(F)ccc2c(=O)c1-n1ccnc1. The molecule has 0 radical (unpaired) electrons. The highest BCUT2D eigenvalue weighted by molar-refractivity contribution is 8.01. The van der Waals surface area contributed by atoms with E-state index in [1.54, 1.807) is 29.4 Å². The van der Waals surface area contributed by atoms with E-state index in [-0.39, 0.29) is 11.2 Å². The van der Waals surface area contributed by atoms with E-state index in [4.69, 9.17) is 0 Å². The van der Waals surface area contributed by atoms with Crippen molar-refractivity contribution in [1.29, 1.82) is 0 Å². The highest BCUT2D eigenvalue weighted by Crippen LogP contribution is 2.33. The van der Waals surface area contributed by atoms with Gasteiger partial charge in [-0.15, -0.1) is 29.7 Å². The Kier molecular flexibility index (Phi) is 3.90. The van der Waals surface area contributed by atoms with E-state index >= 15 is 0 Å². The van der Waals surface area contributed by atoms with E-state index in [2.05, 4.69) is 11.6 Å². The van der Waals surface area contributed by atoms with Crippen LogP contribution in [0.15, 0.2) is 58.6 Å². The van der Waals surface area contributed by atoms with Gasteiger partial charge < -0.3 is 4.57 Å². The average molecular weight is 318 g/mol. The largest absolute Gasteiger partial charge is 0.301 e. The molecule has 21 heavy (non-hydrogen) atoms. The molecule has 3 nitrogen and oxygen atoms in total. The van der Waals surface area contributed by atoms with Crippen LogP contribution < -0.4 is 5.43 Å². The van der Waals surface area contributed by atoms with E-state index in [0.29, 0.717) is 21.5 Å². The molecule has 0 bridgehead atoms. The summed E-state index contributed by atoms with van der Waals surface area (Å²) in [6, 6.07) is 4.24. The van der Waals surface area contributed by atoms with Gasteiger partial charge in [0.15, 0.2) is 0 Å². The fraction of sp³-hybridized carbons (Fsp3) is 0.0667. The van der Waals surface area contributed by atoms with Crippen LogP contribution >= 0.6 is 23.1 Å². The number of nitrogens with zero attached hydrogens (tertiary/aromatic N) is 2. The van der Waals surface area contributed by atoms with E-state index in [9.17, 15) is 9.18 Å². The Hall–Kier alpha value is -1.92. The second kappa shape index (κ2) is 5.83. The van der Waals surface area contributed by atoms with Crippen molar-refractivity contribution in [3.63, 3.8) is 0 Å². The number of hydrogen-bond acceptors (Lipinski definition) is 4. The van der Waals surface area contributed by atoms with Crippen molar-refractivity contribution in [2.45, 2.75) is 4.21 Å². The summed E-state index contributed by atoms with van der Waals surface area (Å²) >= 11 is 2.92. The molecule has 0 atom stereocenters. The molecule has 6 heteroatoms. The highest BCUT2D eigenvalue weighted by atomic mass is 32.2. The van der Waals surface area contributed by atoms with Crippen molar-refractivity contribution in [3.8, 4) is 5.69 Å². The minimum Gasteiger partial charge on any atom is -0.301 e. The standard InChI is InChI=1S/C15H11FN2OS2/c1-2-7-20-15-13(18-6-5-17-9-18)14(19)11-4-3-10(16)8-12(11)21-15/h2-6,8-9H,1,7H2. The van der Waals surface area contributed by atoms with Gasteiger partial charge in [0, 0.05) is 28.2 Å². The van der Waals surface area contributed by atoms with Crippen LogP contribution in [0.5, 0.6) is 0 Å². The number of rotatable bonds is 4. The molecule has 106 valence electrons. The molecule has 1 aromatic carbocycles. The predicted octanol–water partition coefficient (Wildman–Crippen LogP) is 3.86. The lowest BCUT2D eigenvalue weighted by atomic mass is 10.2. The highest BCUT2D eigenvalue weighted by Gasteiger charge is 2.14. The quantitative estimate of drug-likeness (QED) is 0.541. The molecule has 0 unspecified atom stereocenters. The number of thioether (sulfide) groups is 1. The Balaban J connectivity index is 2.32. The van der Waals surface area contributed by atoms with Crippen LogP contribution in [0.25, 0.3) is 15.8 Å². The molecule has 3 aromatic rings. The lowest BCUT2D eigenvalue weighted by Crippen LogP contribution is -2.11. The number of benzene rings is 1. The summed E-state index contributed by atoms with van der Waals surface area (Å²) in [6.07, 6.45) is 6.73. The first-order chi connectivity index (χ1) is 10.2. The fourth-order valence-corrected chi connectivity index (χ4v) is 4.23. The smallest absolute Gasteiger partial charge is 0.213 e. The van der Waals surface area contributed by atoms with Gasteiger partial charge in [0.05, 0.1) is 10.5 Å². The van der Waals surface area contributed by atoms with Crippen LogP contribution in [-0.4, -0.2) is 15.3 Å². The molecule has 0 saturated heterocycles. The van der Waals surface area contributed by atoms with Gasteiger partial charge in [0.1, 0.15) is 11.5 Å². The second-order valence-electron chi connectivity index (χ2n) is 4.28. The molecule has 0 amide bonds. The predicted molar refractivity (Wildman–Crippen MR) is 86.1 cm³/mol. The van der Waals surface area contributed by atoms with Crippen molar-refractivity contribution >= 4 is 33.2 Å². The zero-order chi connectivity index (χ0) is 14.8. The summed E-state index contributed by atoms with van der Waals surface area (Å²) in [7, 11) is 0. The molecule has 3 rings (SSSR count). The number of hydrogen-bond donors (Lipinski definition) is 0. The Morgan fingerprint density at radius 3 is 3.05 bits per heavy atom. The monoisotopic (exact) mass is 318 g/mol. The number of fused-ring (bicyclic) bond motifs is 1. The minimum atomic E-state index is -0.340. The molecule has 0 saturated carbocycles. The second-order valence-corrected chi connectivity index (χ2v) is 6.62. The Morgan fingerprint density at radius 1 is 1.48 bits per heavy atom. The fourth-order valence-electron chi connectivity index (χ4n) is 1.98. The first kappa shape index (κ1) is 14.0. The van der Waals surface area contributed by atoms with Crippen molar-refractivity contribution < 1.29 is 4.39 Å². The van der Waals surface area contributed by atoms with Crippen molar-refractivity contribution in [1.82, 2.24) is 9.55 Å². The maximum Gasteiger partial charge on any atom is 0.213 e. The molecule has 0 N–H and O–H groups in total. The summed E-state index contributed by atoms with van der Waals surface area (Å²) in [5.74, 6) is 0.339. The number of halogens is 1. The van der Waals surface area contributed by atoms with Gasteiger partial charge >= 0.3 is 0 Å². The summed E-state index contributed by atoms with van der Waals surface area (Å²) in [4.78, 5) is 16.7. The molecule has 0 spiro atoms. The van der Waals surface area contributed by atoms with Gasteiger partial charge in [0.25, 0.3) is 0 Å². The van der Waals surface area contributed by atoms with Gasteiger partial charge in [-0.1, -0.05) is 6.08 Å². The normalized spacial score (nSPS) is 10.9. The molecule has 0 aliphatic carbocycles. The van der Waals surface area contributed by atoms with Crippen LogP contribution in [0.2, 0.25) is 0 Å². The Labute approximate surface area is 128 Å². The summed E-state index contributed by atoms with van der Waals surface area (Å²) < 4.78 is 16.6. The molecule has 0 aliphatic rings. The number of aromatic nitrogens is 2. The van der Waals surface area contributed by atoms with Crippen LogP contribution in [0.3, 0.4) is 0 Å². The summed E-state index contributed by atoms with van der Waals surface area (Å²) in [6.45, 7) is 3.69. The lowest BCUT2D eigenvalue weighted by molar-refractivity contribution is 0.630. The summed E-state index contributed by atoms with van der Waals surface area (Å²) in [5.41, 5.74) is 0.441. The van der Waals surface area contributed by atoms with Gasteiger partial charge in [-0.25, -0.2) is 9.37 Å². The third-order valence-corrected chi connectivity index (χ3v) is 5.29. The first-order valence-electron chi connectivity index (χ1n) is 6.19. The van der Waals surface area contributed by atoms with Crippen LogP contribution in [0.1, 0.15) is 0 Å². The van der Waals surface area contributed by atoms with Crippen LogP contribution in [-0.2, 0) is 0 Å². The molecule has 2 aromatic heterocycles. The first-order valence-corrected chi connectivity index (χ1v) is 7.99. The van der Waals surface area contributed by atoms with Crippen molar-refractivity contribution in [2.24, 2.45) is 0 Å². The molecular weight excluding hydrogens is 307 g/mol. The van der Waals surface area contributed by atoms with Gasteiger partial charge in [-0.2, -0.15) is 0 Å². The zero-order valence-electron chi connectivity index (χ0n) is 11.0. The van der Waals surface area contributed by atoms with Gasteiger partial charge in [-0.05, 0) is 18.2 Å². The van der Waals surface area contributed by atoms with Crippen LogP contribution in [0.4, 0.5) is 4.39 Å².